The molecule has 0 aliphatic carbocycles. The predicted octanol–water partition coefficient (Wildman–Crippen LogP) is 1.66. The molecular formula is C21H25N5O4. The molecule has 30 heavy (non-hydrogen) atoms. The topological polar surface area (TPSA) is 119 Å². The number of nitrogens with zero attached hydrogens (tertiary/aromatic N) is 3. The second kappa shape index (κ2) is 8.65. The van der Waals surface area contributed by atoms with Gasteiger partial charge in [0.1, 0.15) is 18.2 Å². The van der Waals surface area contributed by atoms with Crippen LogP contribution >= 0.6 is 0 Å². The Balaban J connectivity index is 1.57. The van der Waals surface area contributed by atoms with E-state index in [2.05, 4.69) is 21.2 Å². The van der Waals surface area contributed by atoms with Gasteiger partial charge in [0.05, 0.1) is 26.2 Å². The lowest BCUT2D eigenvalue weighted by Gasteiger charge is -2.26. The Labute approximate surface area is 175 Å². The molecule has 0 spiro atoms. The molecule has 0 bridgehead atoms. The average molecular weight is 411 g/mol. The van der Waals surface area contributed by atoms with Crippen LogP contribution in [0.2, 0.25) is 0 Å². The number of methoxy groups -OCH3 is 1. The minimum Gasteiger partial charge on any atom is -0.493 e. The number of aryl methyl sites for hydroxylation is 1. The van der Waals surface area contributed by atoms with Crippen LogP contribution in [0, 0.1) is 18.3 Å². The van der Waals surface area contributed by atoms with E-state index in [4.69, 9.17) is 24.7 Å². The molecule has 2 aliphatic heterocycles. The monoisotopic (exact) mass is 411 g/mol. The summed E-state index contributed by atoms with van der Waals surface area (Å²) in [6.07, 6.45) is 0. The molecule has 1 saturated heterocycles. The third-order valence-corrected chi connectivity index (χ3v) is 5.42. The summed E-state index contributed by atoms with van der Waals surface area (Å²) in [4.78, 5) is 2.31. The van der Waals surface area contributed by atoms with E-state index >= 15 is 0 Å². The highest BCUT2D eigenvalue weighted by molar-refractivity contribution is 5.57. The Kier molecular flexibility index (Phi) is 5.79. The predicted molar refractivity (Wildman–Crippen MR) is 108 cm³/mol. The molecular weight excluding hydrogens is 386 g/mol. The number of morpholine rings is 1. The first-order valence-electron chi connectivity index (χ1n) is 9.85. The van der Waals surface area contributed by atoms with Crippen LogP contribution in [0.25, 0.3) is 0 Å². The summed E-state index contributed by atoms with van der Waals surface area (Å²) in [6.45, 7) is 6.62. The number of benzene rings is 1. The molecule has 1 fully saturated rings. The zero-order valence-corrected chi connectivity index (χ0v) is 17.1. The van der Waals surface area contributed by atoms with Gasteiger partial charge in [-0.3, -0.25) is 10.00 Å². The molecule has 0 amide bonds. The van der Waals surface area contributed by atoms with Gasteiger partial charge in [-0.15, -0.1) is 5.10 Å². The van der Waals surface area contributed by atoms with Crippen molar-refractivity contribution >= 4 is 0 Å². The fourth-order valence-electron chi connectivity index (χ4n) is 3.82. The van der Waals surface area contributed by atoms with E-state index < -0.39 is 5.92 Å². The maximum Gasteiger partial charge on any atom is 0.244 e. The Morgan fingerprint density at radius 2 is 2.13 bits per heavy atom. The first kappa shape index (κ1) is 20.1. The number of nitrogens with one attached hydrogen (secondary N) is 1. The Morgan fingerprint density at radius 1 is 1.33 bits per heavy atom. The quantitative estimate of drug-likeness (QED) is 0.737. The highest BCUT2D eigenvalue weighted by atomic mass is 16.5. The lowest BCUT2D eigenvalue weighted by molar-refractivity contribution is 0.0321. The summed E-state index contributed by atoms with van der Waals surface area (Å²) in [5.41, 5.74) is 8.80. The maximum atomic E-state index is 9.70. The number of fused-ring (bicyclic) bond motifs is 1. The van der Waals surface area contributed by atoms with Gasteiger partial charge in [0.25, 0.3) is 0 Å². The molecule has 3 N–H and O–H groups in total. The molecule has 2 aliphatic rings. The third-order valence-electron chi connectivity index (χ3n) is 5.42. The van der Waals surface area contributed by atoms with E-state index in [1.165, 1.54) is 0 Å². The SMILES string of the molecule is COc1cc([C@H]2C(C#N)=C(N)Oc3n[nH]c(C)c32)ccc1OCCN1CCOCC1. The van der Waals surface area contributed by atoms with Gasteiger partial charge in [-0.25, -0.2) is 0 Å². The summed E-state index contributed by atoms with van der Waals surface area (Å²) in [6, 6.07) is 7.84. The van der Waals surface area contributed by atoms with Crippen LogP contribution in [0.5, 0.6) is 17.4 Å². The third kappa shape index (κ3) is 3.79. The Bertz CT molecular complexity index is 988. The largest absolute Gasteiger partial charge is 0.493 e. The molecule has 4 rings (SSSR count). The van der Waals surface area contributed by atoms with E-state index in [9.17, 15) is 5.26 Å². The summed E-state index contributed by atoms with van der Waals surface area (Å²) in [7, 11) is 1.60. The zero-order valence-electron chi connectivity index (χ0n) is 17.1. The second-order valence-electron chi connectivity index (χ2n) is 7.21. The van der Waals surface area contributed by atoms with Crippen molar-refractivity contribution in [2.45, 2.75) is 12.8 Å². The Morgan fingerprint density at radius 3 is 2.87 bits per heavy atom. The molecule has 0 radical (unpaired) electrons. The number of allylic oxidation sites excluding steroid dienone is 1. The minimum atomic E-state index is -0.395. The van der Waals surface area contributed by atoms with Crippen molar-refractivity contribution < 1.29 is 18.9 Å². The first-order valence-corrected chi connectivity index (χ1v) is 9.85. The van der Waals surface area contributed by atoms with Crippen molar-refractivity contribution in [2.24, 2.45) is 5.73 Å². The number of hydrogen-bond donors (Lipinski definition) is 2. The van der Waals surface area contributed by atoms with Gasteiger partial charge in [-0.05, 0) is 24.6 Å². The van der Waals surface area contributed by atoms with E-state index in [-0.39, 0.29) is 5.88 Å². The summed E-state index contributed by atoms with van der Waals surface area (Å²) < 4.78 is 22.4. The van der Waals surface area contributed by atoms with Crippen LogP contribution in [0.4, 0.5) is 0 Å². The van der Waals surface area contributed by atoms with E-state index in [1.54, 1.807) is 7.11 Å². The lowest BCUT2D eigenvalue weighted by Crippen LogP contribution is -2.38. The van der Waals surface area contributed by atoms with E-state index in [1.807, 2.05) is 25.1 Å². The van der Waals surface area contributed by atoms with Gasteiger partial charge in [0, 0.05) is 30.9 Å². The van der Waals surface area contributed by atoms with Crippen molar-refractivity contribution in [3.8, 4) is 23.4 Å². The molecule has 0 unspecified atom stereocenters. The number of nitriles is 1. The molecule has 3 heterocycles. The van der Waals surface area contributed by atoms with E-state index in [0.717, 1.165) is 49.7 Å². The van der Waals surface area contributed by atoms with Gasteiger partial charge in [-0.1, -0.05) is 6.07 Å². The summed E-state index contributed by atoms with van der Waals surface area (Å²) in [5.74, 6) is 1.31. The maximum absolute atomic E-state index is 9.70. The number of rotatable bonds is 6. The normalized spacial score (nSPS) is 19.0. The summed E-state index contributed by atoms with van der Waals surface area (Å²) >= 11 is 0. The lowest BCUT2D eigenvalue weighted by atomic mass is 9.84. The van der Waals surface area contributed by atoms with Gasteiger partial charge in [0.15, 0.2) is 11.5 Å². The van der Waals surface area contributed by atoms with Crippen molar-refractivity contribution in [3.05, 3.63) is 46.5 Å². The first-order chi connectivity index (χ1) is 14.6. The van der Waals surface area contributed by atoms with Crippen LogP contribution in [0.15, 0.2) is 29.7 Å². The van der Waals surface area contributed by atoms with Crippen molar-refractivity contribution in [2.75, 3.05) is 46.6 Å². The fraction of sp³-hybridized carbons (Fsp3) is 0.429. The number of nitrogens with two attached hydrogens (primary N) is 1. The number of ether oxygens (including phenoxy) is 4. The van der Waals surface area contributed by atoms with Crippen molar-refractivity contribution in [3.63, 3.8) is 0 Å². The van der Waals surface area contributed by atoms with Crippen LogP contribution in [0.1, 0.15) is 22.7 Å². The molecule has 158 valence electrons. The fourth-order valence-corrected chi connectivity index (χ4v) is 3.82. The molecule has 9 nitrogen and oxygen atoms in total. The van der Waals surface area contributed by atoms with Crippen molar-refractivity contribution in [1.82, 2.24) is 15.1 Å². The highest BCUT2D eigenvalue weighted by Crippen LogP contribution is 2.44. The van der Waals surface area contributed by atoms with Gasteiger partial charge in [-0.2, -0.15) is 5.26 Å². The number of aromatic amines is 1. The second-order valence-corrected chi connectivity index (χ2v) is 7.21. The number of aromatic nitrogens is 2. The Hall–Kier alpha value is -3.22. The molecule has 1 aromatic heterocycles. The molecule has 1 aromatic carbocycles. The molecule has 1 atom stereocenters. The number of hydrogen-bond acceptors (Lipinski definition) is 8. The standard InChI is InChI=1S/C21H25N5O4/c1-13-18-19(15(12-22)20(23)30-21(18)25-24-13)14-3-4-16(17(11-14)27-2)29-10-7-26-5-8-28-9-6-26/h3-4,11,19H,5-10,23H2,1-2H3,(H,24,25)/t19-/m0/s1. The van der Waals surface area contributed by atoms with Crippen LogP contribution in [0.3, 0.4) is 0 Å². The average Bonchev–Trinajstić information content (AvgIpc) is 3.13. The molecule has 9 heteroatoms. The molecule has 0 saturated carbocycles. The highest BCUT2D eigenvalue weighted by Gasteiger charge is 2.34. The van der Waals surface area contributed by atoms with Crippen LogP contribution in [-0.2, 0) is 4.74 Å². The van der Waals surface area contributed by atoms with Gasteiger partial charge < -0.3 is 24.7 Å². The van der Waals surface area contributed by atoms with Gasteiger partial charge in [0.2, 0.25) is 11.8 Å². The zero-order chi connectivity index (χ0) is 21.1. The smallest absolute Gasteiger partial charge is 0.244 e. The number of H-pyrrole nitrogens is 1. The minimum absolute atomic E-state index is 0.0614. The van der Waals surface area contributed by atoms with E-state index in [0.29, 0.717) is 29.6 Å². The van der Waals surface area contributed by atoms with Crippen molar-refractivity contribution in [1.29, 1.82) is 5.26 Å². The molecule has 2 aromatic rings. The van der Waals surface area contributed by atoms with Gasteiger partial charge >= 0.3 is 0 Å². The van der Waals surface area contributed by atoms with Crippen LogP contribution in [-0.4, -0.2) is 61.7 Å². The van der Waals surface area contributed by atoms with Crippen LogP contribution < -0.4 is 19.9 Å². The summed E-state index contributed by atoms with van der Waals surface area (Å²) in [5, 5.41) is 16.8.